The minimum absolute atomic E-state index is 0.130. The first-order valence-corrected chi connectivity index (χ1v) is 6.54. The summed E-state index contributed by atoms with van der Waals surface area (Å²) in [4.78, 5) is 11.1. The number of rotatable bonds is 3. The van der Waals surface area contributed by atoms with Crippen LogP contribution >= 0.6 is 11.6 Å². The molecule has 14 heavy (non-hydrogen) atoms. The molecular weight excluding hydrogens is 230 g/mol. The fraction of sp³-hybridized carbons (Fsp3) is 0.857. The highest BCUT2D eigenvalue weighted by atomic mass is 35.5. The molecule has 0 spiro atoms. The summed E-state index contributed by atoms with van der Waals surface area (Å²) >= 11 is 5.33. The van der Waals surface area contributed by atoms with Gasteiger partial charge in [0.15, 0.2) is 9.84 Å². The molecule has 0 bridgehead atoms. The minimum Gasteiger partial charge on any atom is -0.390 e. The van der Waals surface area contributed by atoms with Crippen LogP contribution in [0, 0.1) is 0 Å². The van der Waals surface area contributed by atoms with Crippen molar-refractivity contribution in [2.45, 2.75) is 18.6 Å². The molecule has 0 saturated carbocycles. The number of halogens is 1. The second kappa shape index (κ2) is 4.46. The fourth-order valence-electron chi connectivity index (χ4n) is 1.33. The molecule has 1 saturated heterocycles. The van der Waals surface area contributed by atoms with Crippen molar-refractivity contribution in [3.63, 3.8) is 0 Å². The second-order valence-corrected chi connectivity index (χ2v) is 5.79. The molecular formula is C7H12ClNO4S. The molecule has 2 atom stereocenters. The summed E-state index contributed by atoms with van der Waals surface area (Å²) in [5, 5.41) is 11.7. The molecule has 5 nitrogen and oxygen atoms in total. The predicted octanol–water partition coefficient (Wildman–Crippen LogP) is -1.11. The smallest absolute Gasteiger partial charge is 0.221 e. The number of carbonyl (C=O) groups excluding carboxylic acids is 1. The van der Waals surface area contributed by atoms with Crippen LogP contribution in [0.2, 0.25) is 0 Å². The van der Waals surface area contributed by atoms with E-state index in [0.717, 1.165) is 0 Å². The normalized spacial score (nSPS) is 30.1. The zero-order valence-electron chi connectivity index (χ0n) is 7.44. The Morgan fingerprint density at radius 1 is 1.50 bits per heavy atom. The number of sulfone groups is 1. The molecule has 1 aliphatic heterocycles. The summed E-state index contributed by atoms with van der Waals surface area (Å²) in [6.45, 7) is 0. The first-order chi connectivity index (χ1) is 6.44. The third-order valence-electron chi connectivity index (χ3n) is 1.99. The summed E-state index contributed by atoms with van der Waals surface area (Å²) in [5.41, 5.74) is 0. The Kier molecular flexibility index (Phi) is 3.74. The Balaban J connectivity index is 2.51. The Morgan fingerprint density at radius 3 is 2.57 bits per heavy atom. The Hall–Kier alpha value is -0.330. The molecule has 0 unspecified atom stereocenters. The number of nitrogens with one attached hydrogen (secondary N) is 1. The van der Waals surface area contributed by atoms with Crippen molar-refractivity contribution < 1.29 is 18.3 Å². The molecule has 1 rings (SSSR count). The summed E-state index contributed by atoms with van der Waals surface area (Å²) in [5.74, 6) is -0.622. The van der Waals surface area contributed by atoms with Gasteiger partial charge >= 0.3 is 0 Å². The van der Waals surface area contributed by atoms with Crippen molar-refractivity contribution in [3.8, 4) is 0 Å². The molecule has 1 heterocycles. The van der Waals surface area contributed by atoms with Crippen LogP contribution in [0.25, 0.3) is 0 Å². The highest BCUT2D eigenvalue weighted by molar-refractivity contribution is 7.91. The number of alkyl halides is 1. The number of carbonyl (C=O) groups is 1. The Bertz CT molecular complexity index is 316. The molecule has 0 aliphatic carbocycles. The van der Waals surface area contributed by atoms with Crippen LogP contribution in [-0.2, 0) is 14.6 Å². The maximum atomic E-state index is 11.1. The first-order valence-electron chi connectivity index (χ1n) is 4.18. The van der Waals surface area contributed by atoms with Gasteiger partial charge in [0.05, 0.1) is 23.7 Å². The first kappa shape index (κ1) is 11.7. The van der Waals surface area contributed by atoms with Gasteiger partial charge in [0.2, 0.25) is 5.91 Å². The van der Waals surface area contributed by atoms with Gasteiger partial charge in [-0.2, -0.15) is 0 Å². The standard InChI is InChI=1S/C7H12ClNO4S/c8-2-1-7(11)9-5-3-14(12,13)4-6(5)10/h5-6,10H,1-4H2,(H,9,11)/t5-,6-/m1/s1. The van der Waals surface area contributed by atoms with E-state index in [1.165, 1.54) is 0 Å². The molecule has 7 heteroatoms. The topological polar surface area (TPSA) is 83.5 Å². The quantitative estimate of drug-likeness (QED) is 0.614. The molecule has 1 fully saturated rings. The summed E-state index contributed by atoms with van der Waals surface area (Å²) in [6, 6.07) is -0.685. The van der Waals surface area contributed by atoms with E-state index in [1.807, 2.05) is 0 Å². The monoisotopic (exact) mass is 241 g/mol. The fourth-order valence-corrected chi connectivity index (χ4v) is 3.24. The van der Waals surface area contributed by atoms with E-state index in [2.05, 4.69) is 5.32 Å². The van der Waals surface area contributed by atoms with Crippen LogP contribution in [0.4, 0.5) is 0 Å². The Morgan fingerprint density at radius 2 is 2.14 bits per heavy atom. The molecule has 1 amide bonds. The number of hydrogen-bond acceptors (Lipinski definition) is 4. The van der Waals surface area contributed by atoms with Crippen molar-refractivity contribution in [1.82, 2.24) is 5.32 Å². The van der Waals surface area contributed by atoms with E-state index >= 15 is 0 Å². The van der Waals surface area contributed by atoms with E-state index in [-0.39, 0.29) is 29.7 Å². The van der Waals surface area contributed by atoms with Crippen LogP contribution in [-0.4, -0.2) is 49.0 Å². The maximum Gasteiger partial charge on any atom is 0.221 e. The van der Waals surface area contributed by atoms with Gasteiger partial charge in [-0.05, 0) is 0 Å². The zero-order chi connectivity index (χ0) is 10.8. The lowest BCUT2D eigenvalue weighted by Crippen LogP contribution is -2.42. The molecule has 82 valence electrons. The van der Waals surface area contributed by atoms with Crippen LogP contribution in [0.1, 0.15) is 6.42 Å². The number of aliphatic hydroxyl groups excluding tert-OH is 1. The molecule has 0 aromatic rings. The summed E-state index contributed by atoms with van der Waals surface area (Å²) < 4.78 is 22.1. The molecule has 1 aliphatic rings. The molecule has 0 radical (unpaired) electrons. The highest BCUT2D eigenvalue weighted by Gasteiger charge is 2.36. The largest absolute Gasteiger partial charge is 0.390 e. The third-order valence-corrected chi connectivity index (χ3v) is 3.90. The van der Waals surface area contributed by atoms with Crippen LogP contribution in [0.5, 0.6) is 0 Å². The van der Waals surface area contributed by atoms with Crippen LogP contribution in [0.3, 0.4) is 0 Å². The lowest BCUT2D eigenvalue weighted by atomic mass is 10.2. The van der Waals surface area contributed by atoms with Gasteiger partial charge in [0, 0.05) is 12.3 Å². The average Bonchev–Trinajstić information content (AvgIpc) is 2.25. The van der Waals surface area contributed by atoms with Crippen molar-refractivity contribution in [3.05, 3.63) is 0 Å². The van der Waals surface area contributed by atoms with Crippen molar-refractivity contribution >= 4 is 27.3 Å². The molecule has 0 aromatic heterocycles. The highest BCUT2D eigenvalue weighted by Crippen LogP contribution is 2.12. The van der Waals surface area contributed by atoms with E-state index in [1.54, 1.807) is 0 Å². The summed E-state index contributed by atoms with van der Waals surface area (Å²) in [7, 11) is -3.20. The second-order valence-electron chi connectivity index (χ2n) is 3.26. The van der Waals surface area contributed by atoms with Gasteiger partial charge in [-0.3, -0.25) is 4.79 Å². The number of hydrogen-bond donors (Lipinski definition) is 2. The van der Waals surface area contributed by atoms with Crippen LogP contribution in [0.15, 0.2) is 0 Å². The van der Waals surface area contributed by atoms with Crippen molar-refractivity contribution in [2.24, 2.45) is 0 Å². The number of aliphatic hydroxyl groups is 1. The van der Waals surface area contributed by atoms with Gasteiger partial charge < -0.3 is 10.4 Å². The molecule has 2 N–H and O–H groups in total. The Labute approximate surface area is 87.4 Å². The van der Waals surface area contributed by atoms with E-state index in [4.69, 9.17) is 11.6 Å². The van der Waals surface area contributed by atoms with Crippen molar-refractivity contribution in [1.29, 1.82) is 0 Å². The van der Waals surface area contributed by atoms with E-state index in [0.29, 0.717) is 0 Å². The molecule has 0 aromatic carbocycles. The van der Waals surface area contributed by atoms with E-state index in [9.17, 15) is 18.3 Å². The van der Waals surface area contributed by atoms with E-state index < -0.39 is 22.0 Å². The number of amides is 1. The van der Waals surface area contributed by atoms with Gasteiger partial charge in [0.1, 0.15) is 0 Å². The SMILES string of the molecule is O=C(CCCl)N[C@@H]1CS(=O)(=O)C[C@H]1O. The van der Waals surface area contributed by atoms with Gasteiger partial charge in [0.25, 0.3) is 0 Å². The van der Waals surface area contributed by atoms with Crippen LogP contribution < -0.4 is 5.32 Å². The predicted molar refractivity (Wildman–Crippen MR) is 51.9 cm³/mol. The minimum atomic E-state index is -3.20. The van der Waals surface area contributed by atoms with Gasteiger partial charge in [-0.15, -0.1) is 11.6 Å². The lowest BCUT2D eigenvalue weighted by molar-refractivity contribution is -0.121. The lowest BCUT2D eigenvalue weighted by Gasteiger charge is -2.13. The van der Waals surface area contributed by atoms with Gasteiger partial charge in [-0.1, -0.05) is 0 Å². The third kappa shape index (κ3) is 3.11. The zero-order valence-corrected chi connectivity index (χ0v) is 9.01. The maximum absolute atomic E-state index is 11.1. The van der Waals surface area contributed by atoms with Crippen molar-refractivity contribution in [2.75, 3.05) is 17.4 Å². The average molecular weight is 242 g/mol. The van der Waals surface area contributed by atoms with Gasteiger partial charge in [-0.25, -0.2) is 8.42 Å². The summed E-state index contributed by atoms with van der Waals surface area (Å²) in [6.07, 6.45) is -0.871.